The largest absolute Gasteiger partial charge is 0.453 e. The van der Waals surface area contributed by atoms with Crippen LogP contribution in [0.2, 0.25) is 0 Å². The van der Waals surface area contributed by atoms with Crippen molar-refractivity contribution in [3.63, 3.8) is 0 Å². The number of methoxy groups -OCH3 is 1. The second-order valence-electron chi connectivity index (χ2n) is 14.2. The number of carbonyl (C=O) groups is 4. The third-order valence-electron chi connectivity index (χ3n) is 10.1. The Morgan fingerprint density at radius 1 is 0.804 bits per heavy atom. The van der Waals surface area contributed by atoms with Gasteiger partial charge in [-0.3, -0.25) is 14.4 Å². The highest BCUT2D eigenvalue weighted by Crippen LogP contribution is 2.31. The van der Waals surface area contributed by atoms with E-state index in [0.29, 0.717) is 24.7 Å². The van der Waals surface area contributed by atoms with Crippen molar-refractivity contribution in [3.8, 4) is 33.6 Å². The lowest BCUT2D eigenvalue weighted by Crippen LogP contribution is -2.44. The first-order valence-electron chi connectivity index (χ1n) is 19.2. The summed E-state index contributed by atoms with van der Waals surface area (Å²) in [7, 11) is 1.26. The molecular weight excluding hydrogens is 709 g/mol. The fourth-order valence-corrected chi connectivity index (χ4v) is 6.50. The number of carbonyl (C=O) groups excluding carboxylic acids is 4. The Morgan fingerprint density at radius 2 is 1.36 bits per heavy atom. The van der Waals surface area contributed by atoms with Gasteiger partial charge in [-0.2, -0.15) is 0 Å². The van der Waals surface area contributed by atoms with Crippen LogP contribution in [0.1, 0.15) is 69.7 Å². The van der Waals surface area contributed by atoms with Gasteiger partial charge in [0.1, 0.15) is 24.2 Å². The summed E-state index contributed by atoms with van der Waals surface area (Å²) in [4.78, 5) is 70.4. The van der Waals surface area contributed by atoms with Crippen molar-refractivity contribution in [1.29, 1.82) is 0 Å². The van der Waals surface area contributed by atoms with Gasteiger partial charge >= 0.3 is 6.09 Å². The van der Waals surface area contributed by atoms with E-state index in [2.05, 4.69) is 59.6 Å². The molecule has 13 heteroatoms. The first-order chi connectivity index (χ1) is 27.2. The smallest absolute Gasteiger partial charge is 0.407 e. The molecule has 1 aliphatic carbocycles. The van der Waals surface area contributed by atoms with Gasteiger partial charge in [-0.25, -0.2) is 14.8 Å². The minimum absolute atomic E-state index is 0.00846. The number of hydrogen-bond acceptors (Lipinski definition) is 7. The Labute approximate surface area is 327 Å². The first-order valence-corrected chi connectivity index (χ1v) is 19.2. The summed E-state index contributed by atoms with van der Waals surface area (Å²) < 4.78 is 4.59. The van der Waals surface area contributed by atoms with Gasteiger partial charge in [0, 0.05) is 18.5 Å². The molecule has 1 aliphatic rings. The zero-order chi connectivity index (χ0) is 39.6. The van der Waals surface area contributed by atoms with E-state index in [9.17, 15) is 19.2 Å². The Hall–Kier alpha value is -6.24. The maximum Gasteiger partial charge on any atom is 0.407 e. The number of H-pyrrole nitrogens is 2. The minimum Gasteiger partial charge on any atom is -0.453 e. The molecule has 292 valence electrons. The van der Waals surface area contributed by atoms with E-state index in [1.807, 2.05) is 75.4 Å². The molecule has 0 aliphatic heterocycles. The summed E-state index contributed by atoms with van der Waals surface area (Å²) in [5.74, 6) is 0.857. The summed E-state index contributed by atoms with van der Waals surface area (Å²) in [6.45, 7) is 6.94. The van der Waals surface area contributed by atoms with E-state index in [1.54, 1.807) is 22.2 Å². The lowest BCUT2D eigenvalue weighted by molar-refractivity contribution is -0.137. The summed E-state index contributed by atoms with van der Waals surface area (Å²) in [6.07, 6.45) is 6.13. The fourth-order valence-electron chi connectivity index (χ4n) is 6.50. The molecule has 5 aromatic rings. The quantitative estimate of drug-likeness (QED) is 0.0827. The van der Waals surface area contributed by atoms with Crippen LogP contribution < -0.4 is 10.6 Å². The average Bonchev–Trinajstić information content (AvgIpc) is 3.81. The number of ether oxygens (including phenoxy) is 1. The summed E-state index contributed by atoms with van der Waals surface area (Å²) in [5, 5.41) is 5.47. The molecule has 1 fully saturated rings. The van der Waals surface area contributed by atoms with Gasteiger partial charge in [0.15, 0.2) is 0 Å². The van der Waals surface area contributed by atoms with Gasteiger partial charge in [-0.05, 0) is 60.4 Å². The van der Waals surface area contributed by atoms with Crippen molar-refractivity contribution in [2.45, 2.75) is 71.6 Å². The van der Waals surface area contributed by atoms with Gasteiger partial charge < -0.3 is 35.1 Å². The van der Waals surface area contributed by atoms with Crippen LogP contribution in [0.5, 0.6) is 0 Å². The van der Waals surface area contributed by atoms with Crippen LogP contribution in [-0.4, -0.2) is 79.8 Å². The van der Waals surface area contributed by atoms with Crippen molar-refractivity contribution in [1.82, 2.24) is 40.4 Å². The van der Waals surface area contributed by atoms with E-state index in [-0.39, 0.29) is 42.8 Å². The number of benzene rings is 3. The molecule has 2 atom stereocenters. The highest BCUT2D eigenvalue weighted by molar-refractivity contribution is 5.90. The minimum atomic E-state index is -0.754. The number of imidazole rings is 2. The summed E-state index contributed by atoms with van der Waals surface area (Å²) in [5.41, 5.74) is 6.46. The number of nitrogens with zero attached hydrogens (tertiary/aromatic N) is 4. The lowest BCUT2D eigenvalue weighted by atomic mass is 10.0. The van der Waals surface area contributed by atoms with E-state index >= 15 is 0 Å². The predicted molar refractivity (Wildman–Crippen MR) is 214 cm³/mol. The zero-order valence-corrected chi connectivity index (χ0v) is 32.4. The Balaban J connectivity index is 1.09. The number of alkyl carbamates (subject to hydrolysis) is 1. The van der Waals surface area contributed by atoms with Crippen molar-refractivity contribution in [2.24, 2.45) is 5.92 Å². The summed E-state index contributed by atoms with van der Waals surface area (Å²) in [6, 6.07) is 25.0. The number of nitrogens with one attached hydrogen (secondary N) is 4. The normalized spacial score (nSPS) is 13.4. The van der Waals surface area contributed by atoms with E-state index < -0.39 is 12.1 Å². The van der Waals surface area contributed by atoms with Crippen LogP contribution in [0.15, 0.2) is 91.3 Å². The molecule has 13 nitrogen and oxygen atoms in total. The molecule has 2 heterocycles. The zero-order valence-electron chi connectivity index (χ0n) is 32.4. The molecule has 0 unspecified atom stereocenters. The van der Waals surface area contributed by atoms with Gasteiger partial charge in [-0.15, -0.1) is 0 Å². The second kappa shape index (κ2) is 18.4. The molecule has 0 spiro atoms. The molecule has 4 N–H and O–H groups in total. The third-order valence-corrected chi connectivity index (χ3v) is 10.1. The Bertz CT molecular complexity index is 2090. The standard InChI is InChI=1S/C43H50N8O5/c1-5-22-50(42(54)40(33-10-8-7-9-11-33)49-41(53)34-20-21-34)26-37-44-23-35(47-37)31-16-12-29(13-17-31)30-14-18-32(19-15-30)36-24-45-38(48-36)27-51(28(3)6-2)39(52)25-46-43(55)56-4/h7-19,23-24,28,34,40H,5-6,20-22,25-27H2,1-4H3,(H,44,47)(H,45,48)(H,46,55)(H,49,53)/t28-,40+/m0/s1. The maximum absolute atomic E-state index is 13.9. The molecular formula is C43H50N8O5. The number of rotatable bonds is 17. The molecule has 6 rings (SSSR count). The van der Waals surface area contributed by atoms with Crippen molar-refractivity contribution in [2.75, 3.05) is 20.2 Å². The fraction of sp³-hybridized carbons (Fsp3) is 0.349. The molecule has 4 amide bonds. The Kier molecular flexibility index (Phi) is 13.0. The Morgan fingerprint density at radius 3 is 1.88 bits per heavy atom. The van der Waals surface area contributed by atoms with Crippen LogP contribution in [0.25, 0.3) is 33.6 Å². The highest BCUT2D eigenvalue weighted by atomic mass is 16.5. The van der Waals surface area contributed by atoms with Gasteiger partial charge in [-0.1, -0.05) is 92.7 Å². The molecule has 0 bridgehead atoms. The number of amides is 4. The molecule has 3 aromatic carbocycles. The van der Waals surface area contributed by atoms with Gasteiger partial charge in [0.2, 0.25) is 17.7 Å². The average molecular weight is 759 g/mol. The van der Waals surface area contributed by atoms with Crippen LogP contribution in [0, 0.1) is 5.92 Å². The predicted octanol–water partition coefficient (Wildman–Crippen LogP) is 6.62. The SMILES string of the molecule is CCCN(Cc1ncc(-c2ccc(-c3ccc(-c4cnc(CN(C(=O)CNC(=O)OC)[C@@H](C)CC)[nH]4)cc3)cc2)[nH]1)C(=O)[C@H](NC(=O)C1CC1)c1ccccc1. The molecule has 0 saturated heterocycles. The van der Waals surface area contributed by atoms with E-state index in [4.69, 9.17) is 0 Å². The van der Waals surface area contributed by atoms with Crippen LogP contribution in [0.3, 0.4) is 0 Å². The van der Waals surface area contributed by atoms with Crippen LogP contribution in [-0.2, 0) is 32.2 Å². The monoisotopic (exact) mass is 758 g/mol. The van der Waals surface area contributed by atoms with Crippen molar-refractivity contribution in [3.05, 3.63) is 108 Å². The van der Waals surface area contributed by atoms with Crippen molar-refractivity contribution >= 4 is 23.8 Å². The molecule has 1 saturated carbocycles. The molecule has 0 radical (unpaired) electrons. The highest BCUT2D eigenvalue weighted by Gasteiger charge is 2.34. The van der Waals surface area contributed by atoms with Crippen LogP contribution >= 0.6 is 0 Å². The number of aromatic nitrogens is 4. The lowest BCUT2D eigenvalue weighted by Gasteiger charge is -2.27. The van der Waals surface area contributed by atoms with E-state index in [1.165, 1.54) is 7.11 Å². The topological polar surface area (TPSA) is 165 Å². The van der Waals surface area contributed by atoms with Gasteiger partial charge in [0.05, 0.1) is 44.0 Å². The van der Waals surface area contributed by atoms with Crippen molar-refractivity contribution < 1.29 is 23.9 Å². The summed E-state index contributed by atoms with van der Waals surface area (Å²) >= 11 is 0. The number of aromatic amines is 2. The molecule has 2 aromatic heterocycles. The third kappa shape index (κ3) is 9.89. The maximum atomic E-state index is 13.9. The van der Waals surface area contributed by atoms with Gasteiger partial charge in [0.25, 0.3) is 0 Å². The second-order valence-corrected chi connectivity index (χ2v) is 14.2. The first kappa shape index (κ1) is 39.5. The van der Waals surface area contributed by atoms with Crippen LogP contribution in [0.4, 0.5) is 4.79 Å². The molecule has 56 heavy (non-hydrogen) atoms. The number of hydrogen-bond donors (Lipinski definition) is 4. The van der Waals surface area contributed by atoms with E-state index in [0.717, 1.165) is 64.9 Å².